The van der Waals surface area contributed by atoms with Crippen molar-refractivity contribution >= 4 is 33.3 Å². The molecule has 0 radical (unpaired) electrons. The van der Waals surface area contributed by atoms with Gasteiger partial charge in [-0.25, -0.2) is 8.42 Å². The van der Waals surface area contributed by atoms with Gasteiger partial charge in [-0.05, 0) is 18.8 Å². The van der Waals surface area contributed by atoms with Crippen LogP contribution in [0.15, 0.2) is 11.1 Å². The Hall–Kier alpha value is -2.51. The van der Waals surface area contributed by atoms with Gasteiger partial charge in [0.25, 0.3) is 0 Å². The molecule has 0 N–H and O–H groups in total. The molecule has 1 saturated heterocycles. The van der Waals surface area contributed by atoms with E-state index < -0.39 is 20.8 Å². The smallest absolute Gasteiger partial charge is 0.358 e. The predicted octanol–water partition coefficient (Wildman–Crippen LogP) is 0.328. The molecule has 1 aliphatic heterocycles. The van der Waals surface area contributed by atoms with Gasteiger partial charge < -0.3 is 15.0 Å². The van der Waals surface area contributed by atoms with Gasteiger partial charge >= 0.3 is 5.82 Å². The maximum absolute atomic E-state index is 12.8. The Morgan fingerprint density at radius 2 is 1.86 bits per heavy atom. The summed E-state index contributed by atoms with van der Waals surface area (Å²) in [6.45, 7) is 3.68. The Kier molecular flexibility index (Phi) is 5.65. The Labute approximate surface area is 171 Å². The van der Waals surface area contributed by atoms with E-state index in [1.165, 1.54) is 31.7 Å². The van der Waals surface area contributed by atoms with E-state index in [-0.39, 0.29) is 48.5 Å². The number of piperazine rings is 1. The van der Waals surface area contributed by atoms with Crippen LogP contribution in [0.4, 0.5) is 5.82 Å². The number of aryl methyl sites for hydroxylation is 1. The van der Waals surface area contributed by atoms with Crippen LogP contribution < -0.4 is 0 Å². The number of halogens is 1. The van der Waals surface area contributed by atoms with Crippen molar-refractivity contribution in [2.45, 2.75) is 25.3 Å². The standard InChI is InChI=1S/C15H20ClN7O5S/c1-10-12(8-17-19(10)3)29(27,28)21-6-4-20(5-7-21)13(24)9-22-11(2)14(16)15(18-22)23(25)26/h8H,4-7,9H2,1-3H3. The van der Waals surface area contributed by atoms with Crippen molar-refractivity contribution in [3.8, 4) is 0 Å². The molecule has 0 aliphatic carbocycles. The third kappa shape index (κ3) is 3.84. The van der Waals surface area contributed by atoms with E-state index in [0.29, 0.717) is 11.4 Å². The molecule has 1 aliphatic rings. The number of carbonyl (C=O) groups excluding carboxylic acids is 1. The Morgan fingerprint density at radius 3 is 2.34 bits per heavy atom. The molecule has 2 aromatic heterocycles. The van der Waals surface area contributed by atoms with Gasteiger partial charge in [0.15, 0.2) is 5.02 Å². The second-order valence-corrected chi connectivity index (χ2v) is 8.92. The molecule has 0 bridgehead atoms. The van der Waals surface area contributed by atoms with Crippen molar-refractivity contribution < 1.29 is 18.1 Å². The Balaban J connectivity index is 1.67. The molecule has 0 aromatic carbocycles. The van der Waals surface area contributed by atoms with Crippen molar-refractivity contribution in [2.24, 2.45) is 7.05 Å². The average Bonchev–Trinajstić information content (AvgIpc) is 3.16. The molecule has 1 fully saturated rings. The summed E-state index contributed by atoms with van der Waals surface area (Å²) in [4.78, 5) is 24.4. The summed E-state index contributed by atoms with van der Waals surface area (Å²) in [5.74, 6) is -0.823. The number of nitrogens with zero attached hydrogens (tertiary/aromatic N) is 7. The zero-order valence-corrected chi connectivity index (χ0v) is 17.6. The second kappa shape index (κ2) is 7.72. The third-order valence-electron chi connectivity index (χ3n) is 4.97. The molecule has 3 heterocycles. The monoisotopic (exact) mass is 445 g/mol. The highest BCUT2D eigenvalue weighted by Gasteiger charge is 2.33. The summed E-state index contributed by atoms with van der Waals surface area (Å²) >= 11 is 5.89. The summed E-state index contributed by atoms with van der Waals surface area (Å²) in [6.07, 6.45) is 1.32. The van der Waals surface area contributed by atoms with Crippen molar-refractivity contribution in [1.29, 1.82) is 0 Å². The van der Waals surface area contributed by atoms with E-state index in [2.05, 4.69) is 10.2 Å². The number of amides is 1. The summed E-state index contributed by atoms with van der Waals surface area (Å²) in [5.41, 5.74) is 0.858. The molecule has 29 heavy (non-hydrogen) atoms. The van der Waals surface area contributed by atoms with Gasteiger partial charge in [0, 0.05) is 33.2 Å². The van der Waals surface area contributed by atoms with Crippen molar-refractivity contribution in [3.63, 3.8) is 0 Å². The van der Waals surface area contributed by atoms with Crippen LogP contribution in [0.3, 0.4) is 0 Å². The zero-order valence-electron chi connectivity index (χ0n) is 16.1. The summed E-state index contributed by atoms with van der Waals surface area (Å²) in [6, 6.07) is 0. The lowest BCUT2D eigenvalue weighted by Crippen LogP contribution is -2.51. The van der Waals surface area contributed by atoms with E-state index in [1.54, 1.807) is 14.0 Å². The van der Waals surface area contributed by atoms with E-state index in [0.717, 1.165) is 0 Å². The topological polar surface area (TPSA) is 136 Å². The number of hydrogen-bond acceptors (Lipinski definition) is 7. The van der Waals surface area contributed by atoms with Crippen molar-refractivity contribution in [2.75, 3.05) is 26.2 Å². The first-order chi connectivity index (χ1) is 13.5. The van der Waals surface area contributed by atoms with E-state index in [1.807, 2.05) is 0 Å². The van der Waals surface area contributed by atoms with E-state index in [4.69, 9.17) is 11.6 Å². The van der Waals surface area contributed by atoms with Crippen LogP contribution in [0.5, 0.6) is 0 Å². The Bertz CT molecular complexity index is 1070. The first-order valence-corrected chi connectivity index (χ1v) is 10.5. The number of rotatable bonds is 5. The van der Waals surface area contributed by atoms with Gasteiger partial charge in [-0.3, -0.25) is 9.48 Å². The lowest BCUT2D eigenvalue weighted by Gasteiger charge is -2.33. The molecule has 158 valence electrons. The molecule has 0 unspecified atom stereocenters. The van der Waals surface area contributed by atoms with Gasteiger partial charge in [0.05, 0.1) is 22.7 Å². The highest BCUT2D eigenvalue weighted by molar-refractivity contribution is 7.89. The largest absolute Gasteiger partial charge is 0.408 e. The zero-order chi connectivity index (χ0) is 21.5. The average molecular weight is 446 g/mol. The van der Waals surface area contributed by atoms with Crippen molar-refractivity contribution in [1.82, 2.24) is 28.8 Å². The van der Waals surface area contributed by atoms with E-state index in [9.17, 15) is 23.3 Å². The lowest BCUT2D eigenvalue weighted by atomic mass is 10.3. The molecular weight excluding hydrogens is 426 g/mol. The molecule has 0 spiro atoms. The molecule has 14 heteroatoms. The maximum Gasteiger partial charge on any atom is 0.408 e. The van der Waals surface area contributed by atoms with Gasteiger partial charge in [-0.1, -0.05) is 11.6 Å². The lowest BCUT2D eigenvalue weighted by molar-refractivity contribution is -0.389. The molecule has 0 atom stereocenters. The fourth-order valence-electron chi connectivity index (χ4n) is 3.06. The Morgan fingerprint density at radius 1 is 1.24 bits per heavy atom. The summed E-state index contributed by atoms with van der Waals surface area (Å²) < 4.78 is 29.6. The third-order valence-corrected chi connectivity index (χ3v) is 7.42. The normalized spacial score (nSPS) is 15.7. The minimum Gasteiger partial charge on any atom is -0.358 e. The van der Waals surface area contributed by atoms with Crippen LogP contribution in [0.1, 0.15) is 11.4 Å². The number of carbonyl (C=O) groups is 1. The summed E-state index contributed by atoms with van der Waals surface area (Å²) in [7, 11) is -2.03. The van der Waals surface area contributed by atoms with Crippen LogP contribution in [0.25, 0.3) is 0 Å². The molecule has 3 rings (SSSR count). The fourth-order valence-corrected chi connectivity index (χ4v) is 4.87. The molecule has 2 aromatic rings. The molecule has 12 nitrogen and oxygen atoms in total. The maximum atomic E-state index is 12.8. The van der Waals surface area contributed by atoms with Gasteiger partial charge in [-0.2, -0.15) is 14.1 Å². The second-order valence-electron chi connectivity index (χ2n) is 6.64. The predicted molar refractivity (Wildman–Crippen MR) is 102 cm³/mol. The molecular formula is C15H20ClN7O5S. The van der Waals surface area contributed by atoms with Gasteiger partial charge in [0.2, 0.25) is 15.9 Å². The van der Waals surface area contributed by atoms with Crippen LogP contribution >= 0.6 is 11.6 Å². The minimum absolute atomic E-state index is 0.106. The minimum atomic E-state index is -3.70. The number of nitro groups is 1. The van der Waals surface area contributed by atoms with Crippen LogP contribution in [-0.4, -0.2) is 74.2 Å². The SMILES string of the molecule is Cc1c(S(=O)(=O)N2CCN(C(=O)Cn3nc([N+](=O)[O-])c(Cl)c3C)CC2)cnn1C. The highest BCUT2D eigenvalue weighted by atomic mass is 35.5. The van der Waals surface area contributed by atoms with Crippen LogP contribution in [0.2, 0.25) is 5.02 Å². The summed E-state index contributed by atoms with van der Waals surface area (Å²) in [5, 5.41) is 18.6. The van der Waals surface area contributed by atoms with Crippen molar-refractivity contribution in [3.05, 3.63) is 32.7 Å². The number of hydrogen-bond donors (Lipinski definition) is 0. The van der Waals surface area contributed by atoms with Gasteiger partial charge in [-0.15, -0.1) is 0 Å². The first kappa shape index (κ1) is 21.2. The number of sulfonamides is 1. The van der Waals surface area contributed by atoms with Crippen LogP contribution in [0, 0.1) is 24.0 Å². The highest BCUT2D eigenvalue weighted by Crippen LogP contribution is 2.26. The quantitative estimate of drug-likeness (QED) is 0.477. The molecule has 1 amide bonds. The number of aromatic nitrogens is 4. The van der Waals surface area contributed by atoms with E-state index >= 15 is 0 Å². The van der Waals surface area contributed by atoms with Crippen LogP contribution in [-0.2, 0) is 28.4 Å². The molecule has 0 saturated carbocycles. The fraction of sp³-hybridized carbons (Fsp3) is 0.533. The van der Waals surface area contributed by atoms with Gasteiger partial charge in [0.1, 0.15) is 11.4 Å². The first-order valence-electron chi connectivity index (χ1n) is 8.68.